The van der Waals surface area contributed by atoms with E-state index in [2.05, 4.69) is 65.6 Å². The van der Waals surface area contributed by atoms with Gasteiger partial charge in [0.15, 0.2) is 0 Å². The zero-order valence-corrected chi connectivity index (χ0v) is 19.2. The van der Waals surface area contributed by atoms with Crippen LogP contribution in [0.2, 0.25) is 0 Å². The second kappa shape index (κ2) is 10.5. The number of benzene rings is 2. The van der Waals surface area contributed by atoms with Crippen LogP contribution in [0, 0.1) is 5.92 Å². The van der Waals surface area contributed by atoms with E-state index in [1.54, 1.807) is 5.56 Å². The quantitative estimate of drug-likeness (QED) is 0.339. The van der Waals surface area contributed by atoms with Gasteiger partial charge in [-0.2, -0.15) is 0 Å². The van der Waals surface area contributed by atoms with Gasteiger partial charge in [-0.25, -0.2) is 4.99 Å². The lowest BCUT2D eigenvalue weighted by Gasteiger charge is -2.28. The molecule has 1 nitrogen and oxygen atoms in total. The van der Waals surface area contributed by atoms with Gasteiger partial charge < -0.3 is 0 Å². The summed E-state index contributed by atoms with van der Waals surface area (Å²) in [5.74, 6) is 2.42. The van der Waals surface area contributed by atoms with Crippen LogP contribution >= 0.6 is 12.2 Å². The Balaban J connectivity index is 1.35. The summed E-state index contributed by atoms with van der Waals surface area (Å²) in [5.41, 5.74) is 5.69. The molecule has 2 saturated carbocycles. The highest BCUT2D eigenvalue weighted by Crippen LogP contribution is 2.38. The summed E-state index contributed by atoms with van der Waals surface area (Å²) in [5, 5.41) is 2.56. The predicted octanol–water partition coefficient (Wildman–Crippen LogP) is 8.56. The van der Waals surface area contributed by atoms with Crippen molar-refractivity contribution in [2.45, 2.75) is 89.0 Å². The molecule has 2 aliphatic rings. The Morgan fingerprint density at radius 1 is 0.733 bits per heavy atom. The second-order valence-electron chi connectivity index (χ2n) is 9.48. The summed E-state index contributed by atoms with van der Waals surface area (Å²) in [6, 6.07) is 19.1. The molecule has 0 aromatic heterocycles. The summed E-state index contributed by atoms with van der Waals surface area (Å²) >= 11 is 4.76. The summed E-state index contributed by atoms with van der Waals surface area (Å²) in [7, 11) is 0. The van der Waals surface area contributed by atoms with E-state index in [-0.39, 0.29) is 0 Å². The molecule has 2 aromatic carbocycles. The molecule has 0 saturated heterocycles. The van der Waals surface area contributed by atoms with Crippen LogP contribution in [0.25, 0.3) is 11.1 Å². The zero-order valence-electron chi connectivity index (χ0n) is 18.4. The van der Waals surface area contributed by atoms with E-state index in [4.69, 9.17) is 12.2 Å². The van der Waals surface area contributed by atoms with Crippen molar-refractivity contribution in [2.24, 2.45) is 10.9 Å². The first-order chi connectivity index (χ1) is 14.8. The Hall–Kier alpha value is -1.76. The van der Waals surface area contributed by atoms with Gasteiger partial charge >= 0.3 is 0 Å². The summed E-state index contributed by atoms with van der Waals surface area (Å²) in [6.45, 7) is 2.32. The van der Waals surface area contributed by atoms with Gasteiger partial charge in [0.25, 0.3) is 0 Å². The first-order valence-electron chi connectivity index (χ1n) is 12.0. The topological polar surface area (TPSA) is 12.4 Å². The molecule has 2 aliphatic carbocycles. The van der Waals surface area contributed by atoms with Gasteiger partial charge in [-0.1, -0.05) is 68.3 Å². The number of isothiocyanates is 1. The zero-order chi connectivity index (χ0) is 20.8. The molecular formula is C28H35NS. The molecule has 0 heterocycles. The molecule has 0 amide bonds. The number of nitrogens with zero attached hydrogens (tertiary/aromatic N) is 1. The summed E-state index contributed by atoms with van der Waals surface area (Å²) in [6.07, 6.45) is 13.0. The van der Waals surface area contributed by atoms with Crippen molar-refractivity contribution < 1.29 is 0 Å². The Morgan fingerprint density at radius 2 is 1.20 bits per heavy atom. The van der Waals surface area contributed by atoms with Gasteiger partial charge in [0.2, 0.25) is 0 Å². The molecule has 2 aromatic rings. The Kier molecular flexibility index (Phi) is 7.52. The smallest absolute Gasteiger partial charge is 0.0603 e. The van der Waals surface area contributed by atoms with Crippen molar-refractivity contribution >= 4 is 17.4 Å². The minimum absolute atomic E-state index is 0.401. The first-order valence-corrected chi connectivity index (χ1v) is 12.4. The van der Waals surface area contributed by atoms with E-state index in [9.17, 15) is 0 Å². The van der Waals surface area contributed by atoms with Gasteiger partial charge in [-0.05, 0) is 104 Å². The first kappa shape index (κ1) is 21.5. The van der Waals surface area contributed by atoms with Crippen molar-refractivity contribution in [1.29, 1.82) is 0 Å². The molecule has 0 atom stereocenters. The van der Waals surface area contributed by atoms with E-state index in [0.717, 1.165) is 24.7 Å². The monoisotopic (exact) mass is 417 g/mol. The number of aliphatic imine (C=N–C) groups is 1. The van der Waals surface area contributed by atoms with Crippen molar-refractivity contribution in [1.82, 2.24) is 0 Å². The largest absolute Gasteiger partial charge is 0.229 e. The summed E-state index contributed by atoms with van der Waals surface area (Å²) in [4.78, 5) is 4.28. The average molecular weight is 418 g/mol. The molecule has 2 heteroatoms. The minimum atomic E-state index is 0.401. The highest BCUT2D eigenvalue weighted by molar-refractivity contribution is 7.78. The SMILES string of the molecule is CCCC1CCC(c2ccc(-c3ccc(C4CCC(N=C=S)CC4)cc3)cc2)CC1. The fraction of sp³-hybridized carbons (Fsp3) is 0.536. The van der Waals surface area contributed by atoms with E-state index < -0.39 is 0 Å². The molecule has 0 spiro atoms. The van der Waals surface area contributed by atoms with Crippen molar-refractivity contribution in [3.8, 4) is 11.1 Å². The van der Waals surface area contributed by atoms with Crippen LogP contribution in [-0.4, -0.2) is 11.2 Å². The Bertz CT molecular complexity index is 831. The van der Waals surface area contributed by atoms with Crippen molar-refractivity contribution in [3.63, 3.8) is 0 Å². The Labute approximate surface area is 188 Å². The van der Waals surface area contributed by atoms with Gasteiger partial charge in [-0.3, -0.25) is 0 Å². The third-order valence-corrected chi connectivity index (χ3v) is 7.68. The number of thiocarbonyl (C=S) groups is 1. The lowest BCUT2D eigenvalue weighted by Crippen LogP contribution is -2.15. The van der Waals surface area contributed by atoms with E-state index in [0.29, 0.717) is 12.0 Å². The van der Waals surface area contributed by atoms with E-state index in [1.807, 2.05) is 0 Å². The number of hydrogen-bond donors (Lipinski definition) is 0. The van der Waals surface area contributed by atoms with Gasteiger partial charge in [-0.15, -0.1) is 0 Å². The molecule has 0 N–H and O–H groups in total. The Morgan fingerprint density at radius 3 is 1.63 bits per heavy atom. The lowest BCUT2D eigenvalue weighted by molar-refractivity contribution is 0.308. The van der Waals surface area contributed by atoms with Crippen LogP contribution in [-0.2, 0) is 0 Å². The lowest BCUT2D eigenvalue weighted by atomic mass is 9.77. The molecule has 0 bridgehead atoms. The molecule has 0 unspecified atom stereocenters. The third kappa shape index (κ3) is 5.29. The molecule has 158 valence electrons. The fourth-order valence-corrected chi connectivity index (χ4v) is 5.85. The third-order valence-electron chi connectivity index (χ3n) is 7.57. The maximum Gasteiger partial charge on any atom is 0.0603 e. The average Bonchev–Trinajstić information content (AvgIpc) is 2.81. The number of rotatable bonds is 6. The van der Waals surface area contributed by atoms with Gasteiger partial charge in [0, 0.05) is 0 Å². The van der Waals surface area contributed by atoms with Gasteiger partial charge in [0.05, 0.1) is 11.2 Å². The van der Waals surface area contributed by atoms with Crippen LogP contribution in [0.3, 0.4) is 0 Å². The van der Waals surface area contributed by atoms with Crippen LogP contribution in [0.4, 0.5) is 0 Å². The van der Waals surface area contributed by atoms with Gasteiger partial charge in [0.1, 0.15) is 0 Å². The van der Waals surface area contributed by atoms with Crippen molar-refractivity contribution in [2.75, 3.05) is 0 Å². The highest BCUT2D eigenvalue weighted by Gasteiger charge is 2.23. The highest BCUT2D eigenvalue weighted by atomic mass is 32.1. The van der Waals surface area contributed by atoms with Crippen LogP contribution < -0.4 is 0 Å². The van der Waals surface area contributed by atoms with E-state index >= 15 is 0 Å². The molecule has 4 rings (SSSR count). The molecular weight excluding hydrogens is 382 g/mol. The van der Waals surface area contributed by atoms with Crippen LogP contribution in [0.5, 0.6) is 0 Å². The van der Waals surface area contributed by atoms with Crippen LogP contribution in [0.1, 0.15) is 94.1 Å². The molecule has 0 radical (unpaired) electrons. The predicted molar refractivity (Wildman–Crippen MR) is 132 cm³/mol. The minimum Gasteiger partial charge on any atom is -0.229 e. The van der Waals surface area contributed by atoms with E-state index in [1.165, 1.54) is 68.1 Å². The molecule has 2 fully saturated rings. The maximum absolute atomic E-state index is 4.76. The normalized spacial score (nSPS) is 26.7. The van der Waals surface area contributed by atoms with Crippen LogP contribution in [0.15, 0.2) is 53.5 Å². The van der Waals surface area contributed by atoms with Crippen molar-refractivity contribution in [3.05, 3.63) is 59.7 Å². The maximum atomic E-state index is 4.76. The standard InChI is InChI=1S/C28H35NS/c1-2-3-21-4-6-22(7-5-21)23-8-10-24(11-9-23)25-12-14-26(15-13-25)27-16-18-28(19-17-27)29-20-30/h8-15,21-22,27-28H,2-7,16-19H2,1H3. The number of hydrogen-bond acceptors (Lipinski definition) is 2. The molecule has 30 heavy (non-hydrogen) atoms. The second-order valence-corrected chi connectivity index (χ2v) is 9.66. The summed E-state index contributed by atoms with van der Waals surface area (Å²) < 4.78 is 0. The molecule has 0 aliphatic heterocycles. The fourth-order valence-electron chi connectivity index (χ4n) is 5.70.